The third kappa shape index (κ3) is 5.16. The molecule has 0 aliphatic rings. The molecule has 0 aliphatic carbocycles. The minimum atomic E-state index is 0.570. The molecule has 21 heavy (non-hydrogen) atoms. The second-order valence-corrected chi connectivity index (χ2v) is 5.87. The summed E-state index contributed by atoms with van der Waals surface area (Å²) in [5.74, 6) is 1.65. The van der Waals surface area contributed by atoms with E-state index in [1.807, 2.05) is 43.3 Å². The molecule has 0 amide bonds. The van der Waals surface area contributed by atoms with Crippen LogP contribution < -0.4 is 10.5 Å². The van der Waals surface area contributed by atoms with Crippen molar-refractivity contribution in [3.05, 3.63) is 59.7 Å². The highest BCUT2D eigenvalue weighted by molar-refractivity contribution is 8.13. The van der Waals surface area contributed by atoms with E-state index in [4.69, 9.17) is 10.5 Å². The number of para-hydroxylation sites is 1. The van der Waals surface area contributed by atoms with Crippen LogP contribution in [0.2, 0.25) is 0 Å². The molecule has 4 heteroatoms. The lowest BCUT2D eigenvalue weighted by Crippen LogP contribution is -2.10. The number of rotatable bonds is 5. The zero-order valence-electron chi connectivity index (χ0n) is 12.4. The number of hydrogen-bond donors (Lipinski definition) is 1. The van der Waals surface area contributed by atoms with Crippen molar-refractivity contribution in [2.45, 2.75) is 13.8 Å². The molecular formula is C17H20N2OS. The molecule has 0 aliphatic heterocycles. The molecule has 0 atom stereocenters. The lowest BCUT2D eigenvalue weighted by atomic mass is 10.1. The maximum Gasteiger partial charge on any atom is 0.159 e. The Kier molecular flexibility index (Phi) is 5.69. The van der Waals surface area contributed by atoms with Crippen molar-refractivity contribution in [3.8, 4) is 5.75 Å². The van der Waals surface area contributed by atoms with Gasteiger partial charge in [-0.05, 0) is 43.2 Å². The summed E-state index contributed by atoms with van der Waals surface area (Å²) in [4.78, 5) is 4.47. The van der Waals surface area contributed by atoms with Crippen LogP contribution in [0.15, 0.2) is 53.5 Å². The zero-order valence-corrected chi connectivity index (χ0v) is 13.2. The highest BCUT2D eigenvalue weighted by atomic mass is 32.2. The van der Waals surface area contributed by atoms with E-state index in [0.717, 1.165) is 22.8 Å². The molecule has 110 valence electrons. The topological polar surface area (TPSA) is 47.6 Å². The molecule has 2 aromatic rings. The Balaban J connectivity index is 1.82. The third-order valence-corrected chi connectivity index (χ3v) is 3.70. The molecule has 0 spiro atoms. The third-order valence-electron chi connectivity index (χ3n) is 2.94. The normalized spacial score (nSPS) is 11.4. The van der Waals surface area contributed by atoms with Gasteiger partial charge in [0.15, 0.2) is 5.17 Å². The number of ether oxygens (including phenoxy) is 1. The van der Waals surface area contributed by atoms with Crippen LogP contribution in [0.25, 0.3) is 0 Å². The summed E-state index contributed by atoms with van der Waals surface area (Å²) >= 11 is 1.51. The van der Waals surface area contributed by atoms with Crippen LogP contribution in [0.4, 0.5) is 5.69 Å². The predicted molar refractivity (Wildman–Crippen MR) is 91.6 cm³/mol. The van der Waals surface area contributed by atoms with Crippen molar-refractivity contribution in [2.75, 3.05) is 12.4 Å². The van der Waals surface area contributed by atoms with Crippen LogP contribution in [0.5, 0.6) is 5.75 Å². The lowest BCUT2D eigenvalue weighted by molar-refractivity contribution is 0.344. The average molecular weight is 300 g/mol. The number of amidine groups is 1. The first kappa shape index (κ1) is 15.4. The van der Waals surface area contributed by atoms with Crippen LogP contribution in [-0.4, -0.2) is 17.5 Å². The summed E-state index contributed by atoms with van der Waals surface area (Å²) in [6.07, 6.45) is 0. The van der Waals surface area contributed by atoms with Crippen molar-refractivity contribution in [1.29, 1.82) is 0 Å². The van der Waals surface area contributed by atoms with Crippen molar-refractivity contribution in [2.24, 2.45) is 10.7 Å². The highest BCUT2D eigenvalue weighted by Gasteiger charge is 2.00. The molecule has 0 radical (unpaired) electrons. The standard InChI is InChI=1S/C17H20N2OS/c1-13-8-9-14(2)16(12-13)19-17(18)21-11-10-20-15-6-4-3-5-7-15/h3-9,12H,10-11H2,1-2H3,(H2,18,19). The summed E-state index contributed by atoms with van der Waals surface area (Å²) in [5.41, 5.74) is 9.21. The molecule has 0 unspecified atom stereocenters. The molecular weight excluding hydrogens is 280 g/mol. The average Bonchev–Trinajstić information content (AvgIpc) is 2.48. The van der Waals surface area contributed by atoms with Gasteiger partial charge in [-0.1, -0.05) is 42.1 Å². The number of nitrogens with two attached hydrogens (primary N) is 1. The Morgan fingerprint density at radius 3 is 2.67 bits per heavy atom. The Labute approximate surface area is 130 Å². The van der Waals surface area contributed by atoms with Crippen molar-refractivity contribution in [3.63, 3.8) is 0 Å². The molecule has 2 rings (SSSR count). The summed E-state index contributed by atoms with van der Waals surface area (Å²) < 4.78 is 5.62. The van der Waals surface area contributed by atoms with Crippen molar-refractivity contribution >= 4 is 22.6 Å². The van der Waals surface area contributed by atoms with Gasteiger partial charge in [0.2, 0.25) is 0 Å². The summed E-state index contributed by atoms with van der Waals surface area (Å²) in [7, 11) is 0. The number of benzene rings is 2. The number of aliphatic imine (C=N–C) groups is 1. The molecule has 3 nitrogen and oxygen atoms in total. The van der Waals surface area contributed by atoms with E-state index in [9.17, 15) is 0 Å². The van der Waals surface area contributed by atoms with Gasteiger partial charge in [-0.15, -0.1) is 0 Å². The van der Waals surface area contributed by atoms with Gasteiger partial charge < -0.3 is 10.5 Å². The van der Waals surface area contributed by atoms with Gasteiger partial charge in [0.1, 0.15) is 5.75 Å². The van der Waals surface area contributed by atoms with Gasteiger partial charge in [0.05, 0.1) is 12.3 Å². The van der Waals surface area contributed by atoms with Gasteiger partial charge in [-0.2, -0.15) is 0 Å². The monoisotopic (exact) mass is 300 g/mol. The molecule has 0 bridgehead atoms. The van der Waals surface area contributed by atoms with E-state index >= 15 is 0 Å². The van der Waals surface area contributed by atoms with E-state index in [1.165, 1.54) is 17.3 Å². The Bertz CT molecular complexity index is 611. The fraction of sp³-hybridized carbons (Fsp3) is 0.235. The van der Waals surface area contributed by atoms with Crippen LogP contribution in [-0.2, 0) is 0 Å². The van der Waals surface area contributed by atoms with Gasteiger partial charge >= 0.3 is 0 Å². The number of aryl methyl sites for hydroxylation is 2. The van der Waals surface area contributed by atoms with Crippen molar-refractivity contribution in [1.82, 2.24) is 0 Å². The Morgan fingerprint density at radius 2 is 1.90 bits per heavy atom. The van der Waals surface area contributed by atoms with Crippen LogP contribution in [0.1, 0.15) is 11.1 Å². The maximum atomic E-state index is 5.96. The number of hydrogen-bond acceptors (Lipinski definition) is 3. The van der Waals surface area contributed by atoms with E-state index < -0.39 is 0 Å². The Hall–Kier alpha value is -1.94. The fourth-order valence-electron chi connectivity index (χ4n) is 1.81. The summed E-state index contributed by atoms with van der Waals surface area (Å²) in [6.45, 7) is 4.70. The van der Waals surface area contributed by atoms with Crippen LogP contribution in [0, 0.1) is 13.8 Å². The molecule has 0 aromatic heterocycles. The lowest BCUT2D eigenvalue weighted by Gasteiger charge is -2.06. The zero-order chi connectivity index (χ0) is 15.1. The van der Waals surface area contributed by atoms with Gasteiger partial charge in [-0.25, -0.2) is 4.99 Å². The first-order valence-electron chi connectivity index (χ1n) is 6.87. The molecule has 0 heterocycles. The van der Waals surface area contributed by atoms with E-state index in [2.05, 4.69) is 24.0 Å². The first-order valence-corrected chi connectivity index (χ1v) is 7.86. The molecule has 0 fully saturated rings. The van der Waals surface area contributed by atoms with E-state index in [-0.39, 0.29) is 0 Å². The molecule has 0 saturated heterocycles. The van der Waals surface area contributed by atoms with Crippen molar-refractivity contribution < 1.29 is 4.74 Å². The minimum Gasteiger partial charge on any atom is -0.493 e. The van der Waals surface area contributed by atoms with E-state index in [0.29, 0.717) is 11.8 Å². The number of thioether (sulfide) groups is 1. The van der Waals surface area contributed by atoms with E-state index in [1.54, 1.807) is 0 Å². The largest absolute Gasteiger partial charge is 0.493 e. The quantitative estimate of drug-likeness (QED) is 0.514. The van der Waals surface area contributed by atoms with Gasteiger partial charge in [-0.3, -0.25) is 0 Å². The minimum absolute atomic E-state index is 0.570. The molecule has 0 saturated carbocycles. The summed E-state index contributed by atoms with van der Waals surface area (Å²) in [6, 6.07) is 15.9. The van der Waals surface area contributed by atoms with Crippen LogP contribution in [0.3, 0.4) is 0 Å². The Morgan fingerprint density at radius 1 is 1.14 bits per heavy atom. The predicted octanol–water partition coefficient (Wildman–Crippen LogP) is 4.06. The second kappa shape index (κ2) is 7.74. The van der Waals surface area contributed by atoms with Gasteiger partial charge in [0.25, 0.3) is 0 Å². The fourth-order valence-corrected chi connectivity index (χ4v) is 2.35. The first-order chi connectivity index (χ1) is 10.1. The second-order valence-electron chi connectivity index (χ2n) is 4.75. The van der Waals surface area contributed by atoms with Crippen LogP contribution >= 0.6 is 11.8 Å². The molecule has 2 N–H and O–H groups in total. The maximum absolute atomic E-state index is 5.96. The summed E-state index contributed by atoms with van der Waals surface area (Å²) in [5, 5.41) is 0.570. The highest BCUT2D eigenvalue weighted by Crippen LogP contribution is 2.21. The molecule has 2 aromatic carbocycles. The smallest absolute Gasteiger partial charge is 0.159 e. The SMILES string of the molecule is Cc1ccc(C)c(N=C(N)SCCOc2ccccc2)c1. The van der Waals surface area contributed by atoms with Gasteiger partial charge in [0, 0.05) is 5.75 Å². The number of nitrogens with zero attached hydrogens (tertiary/aromatic N) is 1.